The zero-order valence-electron chi connectivity index (χ0n) is 18.5. The maximum absolute atomic E-state index is 12.6. The fourth-order valence-corrected chi connectivity index (χ4v) is 3.61. The van der Waals surface area contributed by atoms with Crippen LogP contribution >= 0.6 is 0 Å². The van der Waals surface area contributed by atoms with Crippen LogP contribution in [-0.2, 0) is 16.0 Å². The van der Waals surface area contributed by atoms with Crippen molar-refractivity contribution in [2.75, 3.05) is 36.5 Å². The van der Waals surface area contributed by atoms with Gasteiger partial charge in [0.15, 0.2) is 17.4 Å². The van der Waals surface area contributed by atoms with E-state index in [1.165, 1.54) is 6.08 Å². The number of nitrogens with zero attached hydrogens (tertiary/aromatic N) is 3. The summed E-state index contributed by atoms with van der Waals surface area (Å²) in [5.74, 6) is 0.921. The first-order chi connectivity index (χ1) is 16.1. The van der Waals surface area contributed by atoms with Crippen molar-refractivity contribution in [2.24, 2.45) is 0 Å². The lowest BCUT2D eigenvalue weighted by atomic mass is 10.00. The van der Waals surface area contributed by atoms with Gasteiger partial charge in [0.25, 0.3) is 0 Å². The number of rotatable bonds is 7. The van der Waals surface area contributed by atoms with Crippen LogP contribution in [0.5, 0.6) is 0 Å². The van der Waals surface area contributed by atoms with Gasteiger partial charge in [-0.1, -0.05) is 48.0 Å². The van der Waals surface area contributed by atoms with E-state index in [0.717, 1.165) is 35.6 Å². The van der Waals surface area contributed by atoms with Crippen LogP contribution in [0.1, 0.15) is 27.0 Å². The van der Waals surface area contributed by atoms with E-state index in [-0.39, 0.29) is 11.7 Å². The monoisotopic (exact) mass is 442 g/mol. The molecule has 3 aromatic rings. The van der Waals surface area contributed by atoms with Gasteiger partial charge in [-0.25, -0.2) is 0 Å². The average molecular weight is 443 g/mol. The summed E-state index contributed by atoms with van der Waals surface area (Å²) in [4.78, 5) is 27.0. The highest BCUT2D eigenvalue weighted by Crippen LogP contribution is 2.14. The van der Waals surface area contributed by atoms with Gasteiger partial charge in [-0.2, -0.15) is 0 Å². The molecule has 7 heteroatoms. The molecular weight excluding hydrogens is 416 g/mol. The van der Waals surface area contributed by atoms with Gasteiger partial charge in [-0.15, -0.1) is 10.2 Å². The van der Waals surface area contributed by atoms with E-state index in [9.17, 15) is 9.59 Å². The second-order valence-corrected chi connectivity index (χ2v) is 7.91. The number of Topliss-reactive ketones (excluding diaryl/α,β-unsaturated/α-hetero) is 1. The molecule has 0 aliphatic carbocycles. The predicted octanol–water partition coefficient (Wildman–Crippen LogP) is 3.70. The lowest BCUT2D eigenvalue weighted by Crippen LogP contribution is -2.36. The molecule has 1 aliphatic heterocycles. The van der Waals surface area contributed by atoms with E-state index in [2.05, 4.69) is 20.4 Å². The Labute approximate surface area is 193 Å². The molecule has 0 radical (unpaired) electrons. The fraction of sp³-hybridized carbons (Fsp3) is 0.231. The Morgan fingerprint density at radius 2 is 1.85 bits per heavy atom. The summed E-state index contributed by atoms with van der Waals surface area (Å²) in [6, 6.07) is 18.8. The molecule has 1 saturated heterocycles. The van der Waals surface area contributed by atoms with E-state index >= 15 is 0 Å². The minimum Gasteiger partial charge on any atom is -0.378 e. The minimum absolute atomic E-state index is 0.0664. The number of amides is 1. The van der Waals surface area contributed by atoms with Crippen molar-refractivity contribution in [2.45, 2.75) is 13.3 Å². The Hall–Kier alpha value is -3.84. The number of hydrogen-bond donors (Lipinski definition) is 1. The molecule has 1 N–H and O–H groups in total. The number of hydrogen-bond acceptors (Lipinski definition) is 6. The predicted molar refractivity (Wildman–Crippen MR) is 128 cm³/mol. The van der Waals surface area contributed by atoms with E-state index in [0.29, 0.717) is 31.0 Å². The van der Waals surface area contributed by atoms with Crippen LogP contribution in [0.3, 0.4) is 0 Å². The Balaban J connectivity index is 1.34. The third-order valence-corrected chi connectivity index (χ3v) is 5.32. The number of ether oxygens (including phenoxy) is 1. The molecule has 0 saturated carbocycles. The van der Waals surface area contributed by atoms with Gasteiger partial charge in [0.2, 0.25) is 5.91 Å². The highest BCUT2D eigenvalue weighted by atomic mass is 16.5. The van der Waals surface area contributed by atoms with Crippen LogP contribution in [0.2, 0.25) is 0 Å². The summed E-state index contributed by atoms with van der Waals surface area (Å²) in [6.07, 6.45) is 3.47. The van der Waals surface area contributed by atoms with E-state index in [1.54, 1.807) is 12.1 Å². The van der Waals surface area contributed by atoms with Crippen molar-refractivity contribution in [3.05, 3.63) is 89.0 Å². The molecule has 2 aromatic carbocycles. The first-order valence-electron chi connectivity index (χ1n) is 10.9. The van der Waals surface area contributed by atoms with Crippen molar-refractivity contribution in [3.8, 4) is 0 Å². The first kappa shape index (κ1) is 22.4. The molecule has 0 unspecified atom stereocenters. The fourth-order valence-electron chi connectivity index (χ4n) is 3.61. The molecule has 168 valence electrons. The summed E-state index contributed by atoms with van der Waals surface area (Å²) in [5, 5.41) is 11.0. The topological polar surface area (TPSA) is 84.4 Å². The summed E-state index contributed by atoms with van der Waals surface area (Å²) < 4.78 is 5.34. The summed E-state index contributed by atoms with van der Waals surface area (Å²) in [7, 11) is 0. The molecule has 2 heterocycles. The van der Waals surface area contributed by atoms with Crippen LogP contribution in [0.15, 0.2) is 66.7 Å². The van der Waals surface area contributed by atoms with Crippen molar-refractivity contribution in [1.29, 1.82) is 0 Å². The Morgan fingerprint density at radius 3 is 2.61 bits per heavy atom. The molecule has 1 amide bonds. The number of carbonyl (C=O) groups is 2. The summed E-state index contributed by atoms with van der Waals surface area (Å²) in [6.45, 7) is 4.87. The highest BCUT2D eigenvalue weighted by molar-refractivity contribution is 6.01. The number of benzene rings is 2. The Kier molecular flexibility index (Phi) is 7.22. The van der Waals surface area contributed by atoms with Gasteiger partial charge in [0, 0.05) is 31.1 Å². The van der Waals surface area contributed by atoms with Crippen LogP contribution in [0.4, 0.5) is 11.6 Å². The Morgan fingerprint density at radius 1 is 1.03 bits per heavy atom. The minimum atomic E-state index is -0.301. The van der Waals surface area contributed by atoms with Gasteiger partial charge < -0.3 is 15.0 Å². The highest BCUT2D eigenvalue weighted by Gasteiger charge is 2.13. The normalized spacial score (nSPS) is 13.8. The third-order valence-electron chi connectivity index (χ3n) is 5.32. The quantitative estimate of drug-likeness (QED) is 0.444. The standard InChI is InChI=1S/C26H26N4O3/c1-19-4-2-7-22(16-19)23(31)18-21-6-3-5-20(17-21)8-11-26(32)27-24-9-10-25(29-28-24)30-12-14-33-15-13-30/h2-11,16-17H,12-15,18H2,1H3,(H,27,28,32)/b11-8+. The Bertz CT molecular complexity index is 1150. The van der Waals surface area contributed by atoms with Gasteiger partial charge >= 0.3 is 0 Å². The second-order valence-electron chi connectivity index (χ2n) is 7.91. The number of aryl methyl sites for hydroxylation is 1. The maximum atomic E-state index is 12.6. The van der Waals surface area contributed by atoms with E-state index in [1.807, 2.05) is 61.5 Å². The SMILES string of the molecule is Cc1cccc(C(=O)Cc2cccc(/C=C/C(=O)Nc3ccc(N4CCOCC4)nn3)c2)c1. The van der Waals surface area contributed by atoms with Crippen molar-refractivity contribution in [1.82, 2.24) is 10.2 Å². The number of ketones is 1. The average Bonchev–Trinajstić information content (AvgIpc) is 2.84. The molecule has 1 fully saturated rings. The van der Waals surface area contributed by atoms with Crippen LogP contribution in [-0.4, -0.2) is 48.2 Å². The molecule has 0 bridgehead atoms. The molecule has 4 rings (SSSR count). The zero-order chi connectivity index (χ0) is 23.0. The van der Waals surface area contributed by atoms with Crippen molar-refractivity contribution in [3.63, 3.8) is 0 Å². The van der Waals surface area contributed by atoms with Crippen LogP contribution in [0, 0.1) is 6.92 Å². The van der Waals surface area contributed by atoms with Crippen molar-refractivity contribution < 1.29 is 14.3 Å². The number of nitrogens with one attached hydrogen (secondary N) is 1. The lowest BCUT2D eigenvalue weighted by Gasteiger charge is -2.27. The number of carbonyl (C=O) groups excluding carboxylic acids is 2. The molecule has 0 spiro atoms. The largest absolute Gasteiger partial charge is 0.378 e. The smallest absolute Gasteiger partial charge is 0.249 e. The molecule has 1 aromatic heterocycles. The second kappa shape index (κ2) is 10.7. The molecule has 7 nitrogen and oxygen atoms in total. The number of aromatic nitrogens is 2. The molecule has 1 aliphatic rings. The van der Waals surface area contributed by atoms with Crippen LogP contribution in [0.25, 0.3) is 6.08 Å². The first-order valence-corrected chi connectivity index (χ1v) is 10.9. The zero-order valence-corrected chi connectivity index (χ0v) is 18.5. The number of anilines is 2. The number of morpholine rings is 1. The third kappa shape index (κ3) is 6.33. The molecule has 33 heavy (non-hydrogen) atoms. The van der Waals surface area contributed by atoms with Gasteiger partial charge in [-0.3, -0.25) is 9.59 Å². The van der Waals surface area contributed by atoms with Gasteiger partial charge in [0.05, 0.1) is 13.2 Å². The molecule has 0 atom stereocenters. The van der Waals surface area contributed by atoms with Gasteiger partial charge in [0.1, 0.15) is 0 Å². The van der Waals surface area contributed by atoms with E-state index in [4.69, 9.17) is 4.74 Å². The maximum Gasteiger partial charge on any atom is 0.249 e. The van der Waals surface area contributed by atoms with Gasteiger partial charge in [-0.05, 0) is 42.3 Å². The van der Waals surface area contributed by atoms with Crippen molar-refractivity contribution >= 4 is 29.4 Å². The summed E-state index contributed by atoms with van der Waals surface area (Å²) >= 11 is 0. The van der Waals surface area contributed by atoms with Crippen LogP contribution < -0.4 is 10.2 Å². The summed E-state index contributed by atoms with van der Waals surface area (Å²) in [5.41, 5.74) is 3.50. The molecular formula is C26H26N4O3. The lowest BCUT2D eigenvalue weighted by molar-refractivity contribution is -0.111. The van der Waals surface area contributed by atoms with E-state index < -0.39 is 0 Å².